The van der Waals surface area contributed by atoms with Crippen LogP contribution in [0.3, 0.4) is 0 Å². The van der Waals surface area contributed by atoms with Crippen molar-refractivity contribution in [2.45, 2.75) is 25.2 Å². The summed E-state index contributed by atoms with van der Waals surface area (Å²) >= 11 is 7.27. The zero-order valence-electron chi connectivity index (χ0n) is 16.8. The van der Waals surface area contributed by atoms with Gasteiger partial charge in [-0.05, 0) is 43.3 Å². The summed E-state index contributed by atoms with van der Waals surface area (Å²) in [7, 11) is 0. The lowest BCUT2D eigenvalue weighted by molar-refractivity contribution is 0.102. The number of ether oxygens (including phenoxy) is 1. The van der Waals surface area contributed by atoms with E-state index in [1.165, 1.54) is 11.8 Å². The molecule has 8 heteroatoms. The number of benzene rings is 2. The highest BCUT2D eigenvalue weighted by molar-refractivity contribution is 7.99. The molecule has 0 aliphatic rings. The van der Waals surface area contributed by atoms with Crippen molar-refractivity contribution < 1.29 is 13.9 Å². The van der Waals surface area contributed by atoms with Gasteiger partial charge >= 0.3 is 0 Å². The van der Waals surface area contributed by atoms with E-state index in [4.69, 9.17) is 20.8 Å². The second-order valence-electron chi connectivity index (χ2n) is 6.88. The molecule has 6 nitrogen and oxygen atoms in total. The topological polar surface area (TPSA) is 70.2 Å². The van der Waals surface area contributed by atoms with Crippen LogP contribution in [0.4, 0.5) is 0 Å². The second kappa shape index (κ2) is 9.85. The molecular weight excluding hydrogens is 434 g/mol. The molecule has 0 bridgehead atoms. The molecule has 158 valence electrons. The summed E-state index contributed by atoms with van der Waals surface area (Å²) in [4.78, 5) is 12.6. The average molecular weight is 454 g/mol. The number of furan rings is 1. The molecule has 0 aliphatic carbocycles. The molecule has 0 spiro atoms. The highest BCUT2D eigenvalue weighted by atomic mass is 35.5. The first-order valence-electron chi connectivity index (χ1n) is 9.64. The minimum atomic E-state index is 0.0384. The van der Waals surface area contributed by atoms with Crippen molar-refractivity contribution in [1.29, 1.82) is 0 Å². The molecular formula is C23H20ClN3O3S. The summed E-state index contributed by atoms with van der Waals surface area (Å²) in [5, 5.41) is 9.84. The van der Waals surface area contributed by atoms with Crippen LogP contribution >= 0.6 is 23.4 Å². The van der Waals surface area contributed by atoms with Gasteiger partial charge in [-0.25, -0.2) is 0 Å². The van der Waals surface area contributed by atoms with Crippen molar-refractivity contribution in [3.05, 3.63) is 94.7 Å². The molecule has 31 heavy (non-hydrogen) atoms. The predicted octanol–water partition coefficient (Wildman–Crippen LogP) is 5.44. The molecule has 0 radical (unpaired) electrons. The van der Waals surface area contributed by atoms with Gasteiger partial charge in [-0.15, -0.1) is 10.2 Å². The van der Waals surface area contributed by atoms with Gasteiger partial charge in [0, 0.05) is 10.6 Å². The molecule has 2 aromatic heterocycles. The van der Waals surface area contributed by atoms with Crippen LogP contribution in [0.1, 0.15) is 27.5 Å². The number of carbonyl (C=O) groups excluding carboxylic acids is 1. The summed E-state index contributed by atoms with van der Waals surface area (Å²) in [5.41, 5.74) is 1.80. The number of hydrogen-bond acceptors (Lipinski definition) is 6. The molecule has 0 unspecified atom stereocenters. The van der Waals surface area contributed by atoms with Crippen molar-refractivity contribution in [3.63, 3.8) is 0 Å². The van der Waals surface area contributed by atoms with Gasteiger partial charge in [-0.3, -0.25) is 9.36 Å². The first-order valence-corrected chi connectivity index (χ1v) is 11.0. The molecule has 0 fully saturated rings. The quantitative estimate of drug-likeness (QED) is 0.248. The van der Waals surface area contributed by atoms with Crippen LogP contribution in [0.25, 0.3) is 0 Å². The molecule has 2 heterocycles. The van der Waals surface area contributed by atoms with E-state index in [1.807, 2.05) is 47.9 Å². The minimum Gasteiger partial charge on any atom is -0.486 e. The number of hydrogen-bond donors (Lipinski definition) is 0. The van der Waals surface area contributed by atoms with Crippen LogP contribution in [0.2, 0.25) is 5.02 Å². The van der Waals surface area contributed by atoms with E-state index in [9.17, 15) is 4.79 Å². The van der Waals surface area contributed by atoms with Crippen molar-refractivity contribution >= 4 is 29.1 Å². The Morgan fingerprint density at radius 3 is 2.58 bits per heavy atom. The largest absolute Gasteiger partial charge is 0.486 e. The molecule has 0 N–H and O–H groups in total. The van der Waals surface area contributed by atoms with Crippen molar-refractivity contribution in [3.8, 4) is 5.75 Å². The molecule has 2 aromatic carbocycles. The number of Topliss-reactive ketones (excluding diaryl/α,β-unsaturated/α-hetero) is 1. The highest BCUT2D eigenvalue weighted by Crippen LogP contribution is 2.22. The van der Waals surface area contributed by atoms with E-state index in [0.717, 1.165) is 11.3 Å². The Morgan fingerprint density at radius 2 is 1.87 bits per heavy atom. The van der Waals surface area contributed by atoms with Gasteiger partial charge in [0.1, 0.15) is 18.1 Å². The lowest BCUT2D eigenvalue weighted by Crippen LogP contribution is -2.10. The maximum atomic E-state index is 12.6. The average Bonchev–Trinajstić information content (AvgIpc) is 3.43. The smallest absolute Gasteiger partial charge is 0.192 e. The SMILES string of the molecule is Cc1ccc(C(=O)CSc2nnc(COc3ccc(Cl)cc3)n2Cc2ccco2)cc1. The minimum absolute atomic E-state index is 0.0384. The highest BCUT2D eigenvalue weighted by Gasteiger charge is 2.17. The van der Waals surface area contributed by atoms with Gasteiger partial charge in [0.25, 0.3) is 0 Å². The summed E-state index contributed by atoms with van der Waals surface area (Å²) in [6, 6.07) is 18.4. The van der Waals surface area contributed by atoms with Gasteiger partial charge in [-0.2, -0.15) is 0 Å². The van der Waals surface area contributed by atoms with Gasteiger partial charge in [-0.1, -0.05) is 53.2 Å². The van der Waals surface area contributed by atoms with Crippen molar-refractivity contribution in [1.82, 2.24) is 14.8 Å². The summed E-state index contributed by atoms with van der Waals surface area (Å²) in [6.45, 7) is 2.66. The van der Waals surface area contributed by atoms with E-state index in [-0.39, 0.29) is 18.1 Å². The predicted molar refractivity (Wildman–Crippen MR) is 120 cm³/mol. The van der Waals surface area contributed by atoms with Gasteiger partial charge in [0.2, 0.25) is 0 Å². The lowest BCUT2D eigenvalue weighted by Gasteiger charge is -2.10. The maximum Gasteiger partial charge on any atom is 0.192 e. The first-order chi connectivity index (χ1) is 15.1. The fourth-order valence-corrected chi connectivity index (χ4v) is 3.86. The van der Waals surface area contributed by atoms with Crippen molar-refractivity contribution in [2.24, 2.45) is 0 Å². The Kier molecular flexibility index (Phi) is 6.74. The van der Waals surface area contributed by atoms with Crippen LogP contribution < -0.4 is 4.74 Å². The molecule has 0 atom stereocenters. The third kappa shape index (κ3) is 5.57. The third-order valence-corrected chi connectivity index (χ3v) is 5.79. The number of carbonyl (C=O) groups is 1. The number of rotatable bonds is 9. The zero-order valence-corrected chi connectivity index (χ0v) is 18.4. The molecule has 4 aromatic rings. The Balaban J connectivity index is 1.48. The summed E-state index contributed by atoms with van der Waals surface area (Å²) in [5.74, 6) is 2.38. The summed E-state index contributed by atoms with van der Waals surface area (Å²) in [6.07, 6.45) is 1.62. The van der Waals surface area contributed by atoms with Crippen LogP contribution in [-0.2, 0) is 13.2 Å². The molecule has 0 amide bonds. The van der Waals surface area contributed by atoms with Crippen LogP contribution in [0.15, 0.2) is 76.5 Å². The number of aryl methyl sites for hydroxylation is 1. The molecule has 0 saturated carbocycles. The van der Waals surface area contributed by atoms with Gasteiger partial charge in [0.05, 0.1) is 18.6 Å². The van der Waals surface area contributed by atoms with E-state index < -0.39 is 0 Å². The third-order valence-electron chi connectivity index (χ3n) is 4.57. The molecule has 4 rings (SSSR count). The van der Waals surface area contributed by atoms with Crippen LogP contribution in [-0.4, -0.2) is 26.3 Å². The van der Waals surface area contributed by atoms with Crippen molar-refractivity contribution in [2.75, 3.05) is 5.75 Å². The molecule has 0 aliphatic heterocycles. The second-order valence-corrected chi connectivity index (χ2v) is 8.26. The number of aromatic nitrogens is 3. The van der Waals surface area contributed by atoms with Gasteiger partial charge < -0.3 is 9.15 Å². The van der Waals surface area contributed by atoms with E-state index in [2.05, 4.69) is 10.2 Å². The Morgan fingerprint density at radius 1 is 1.10 bits per heavy atom. The standard InChI is InChI=1S/C23H20ClN3O3S/c1-16-4-6-17(7-5-16)21(28)15-31-23-26-25-22(27(23)13-20-3-2-12-29-20)14-30-19-10-8-18(24)9-11-19/h2-12H,13-15H2,1H3. The van der Waals surface area contributed by atoms with E-state index in [1.54, 1.807) is 30.5 Å². The number of nitrogens with zero attached hydrogens (tertiary/aromatic N) is 3. The first kappa shape index (κ1) is 21.2. The Hall–Kier alpha value is -3.03. The Labute approximate surface area is 189 Å². The normalized spacial score (nSPS) is 10.9. The Bertz CT molecular complexity index is 1140. The number of halogens is 1. The number of ketones is 1. The van der Waals surface area contributed by atoms with Crippen LogP contribution in [0.5, 0.6) is 5.75 Å². The zero-order chi connectivity index (χ0) is 21.6. The maximum absolute atomic E-state index is 12.6. The van der Waals surface area contributed by atoms with E-state index >= 15 is 0 Å². The van der Waals surface area contributed by atoms with E-state index in [0.29, 0.717) is 33.9 Å². The number of thioether (sulfide) groups is 1. The molecule has 0 saturated heterocycles. The lowest BCUT2D eigenvalue weighted by atomic mass is 10.1. The fourth-order valence-electron chi connectivity index (χ4n) is 2.88. The monoisotopic (exact) mass is 453 g/mol. The van der Waals surface area contributed by atoms with Crippen LogP contribution in [0, 0.1) is 6.92 Å². The summed E-state index contributed by atoms with van der Waals surface area (Å²) < 4.78 is 13.2. The van der Waals surface area contributed by atoms with Gasteiger partial charge in [0.15, 0.2) is 16.8 Å². The fraction of sp³-hybridized carbons (Fsp3) is 0.174.